The molecule has 4 nitrogen and oxygen atoms in total. The van der Waals surface area contributed by atoms with E-state index >= 15 is 0 Å². The molecule has 0 aliphatic carbocycles. The Morgan fingerprint density at radius 1 is 1.29 bits per heavy atom. The molecule has 6 heteroatoms. The number of imidazole rings is 1. The van der Waals surface area contributed by atoms with Crippen LogP contribution in [0.3, 0.4) is 0 Å². The fourth-order valence-corrected chi connectivity index (χ4v) is 3.24. The van der Waals surface area contributed by atoms with Crippen LogP contribution in [0.5, 0.6) is 0 Å². The summed E-state index contributed by atoms with van der Waals surface area (Å²) in [6, 6.07) is 13.5. The average molecular weight is 360 g/mol. The van der Waals surface area contributed by atoms with Gasteiger partial charge in [0.15, 0.2) is 5.16 Å². The van der Waals surface area contributed by atoms with Gasteiger partial charge in [-0.2, -0.15) is 0 Å². The third-order valence-electron chi connectivity index (χ3n) is 3.70. The average Bonchev–Trinajstić information content (AvgIpc) is 2.95. The molecular weight excluding hydrogens is 342 g/mol. The van der Waals surface area contributed by atoms with Gasteiger partial charge in [0, 0.05) is 5.02 Å². The maximum Gasteiger partial charge on any atom is 0.230 e. The van der Waals surface area contributed by atoms with Crippen molar-refractivity contribution in [2.24, 2.45) is 0 Å². The monoisotopic (exact) mass is 359 g/mol. The van der Waals surface area contributed by atoms with Gasteiger partial charge < -0.3 is 10.3 Å². The van der Waals surface area contributed by atoms with E-state index in [0.29, 0.717) is 10.8 Å². The second kappa shape index (κ2) is 7.28. The van der Waals surface area contributed by atoms with E-state index in [1.807, 2.05) is 50.2 Å². The van der Waals surface area contributed by atoms with Crippen LogP contribution in [0, 0.1) is 6.92 Å². The van der Waals surface area contributed by atoms with Crippen LogP contribution < -0.4 is 5.32 Å². The molecule has 3 aromatic rings. The van der Waals surface area contributed by atoms with Crippen LogP contribution >= 0.6 is 23.4 Å². The van der Waals surface area contributed by atoms with Crippen molar-refractivity contribution < 1.29 is 4.79 Å². The molecule has 24 heavy (non-hydrogen) atoms. The largest absolute Gasteiger partial charge is 0.349 e. The van der Waals surface area contributed by atoms with Gasteiger partial charge in [-0.3, -0.25) is 4.79 Å². The van der Waals surface area contributed by atoms with E-state index in [0.717, 1.165) is 21.8 Å². The highest BCUT2D eigenvalue weighted by atomic mass is 35.5. The second-order valence-corrected chi connectivity index (χ2v) is 7.09. The second-order valence-electron chi connectivity index (χ2n) is 5.69. The number of fused-ring (bicyclic) bond motifs is 1. The summed E-state index contributed by atoms with van der Waals surface area (Å²) < 4.78 is 0. The number of nitrogens with zero attached hydrogens (tertiary/aromatic N) is 1. The Balaban J connectivity index is 1.57. The van der Waals surface area contributed by atoms with Crippen LogP contribution in [0.25, 0.3) is 11.0 Å². The summed E-state index contributed by atoms with van der Waals surface area (Å²) in [6.07, 6.45) is 0. The maximum atomic E-state index is 12.1. The summed E-state index contributed by atoms with van der Waals surface area (Å²) in [6.45, 7) is 3.99. The number of benzene rings is 2. The Kier molecular flexibility index (Phi) is 5.11. The number of halogens is 1. The molecule has 0 saturated heterocycles. The zero-order valence-electron chi connectivity index (χ0n) is 13.5. The summed E-state index contributed by atoms with van der Waals surface area (Å²) in [7, 11) is 0. The number of carbonyl (C=O) groups is 1. The zero-order valence-corrected chi connectivity index (χ0v) is 15.0. The van der Waals surface area contributed by atoms with E-state index < -0.39 is 0 Å². The van der Waals surface area contributed by atoms with Gasteiger partial charge in [-0.25, -0.2) is 4.98 Å². The number of carbonyl (C=O) groups excluding carboxylic acids is 1. The predicted octanol–water partition coefficient (Wildman–Crippen LogP) is 4.49. The summed E-state index contributed by atoms with van der Waals surface area (Å²) in [5.74, 6) is 0.288. The van der Waals surface area contributed by atoms with E-state index in [1.54, 1.807) is 0 Å². The Labute approximate surface area is 150 Å². The zero-order chi connectivity index (χ0) is 17.1. The van der Waals surface area contributed by atoms with Crippen molar-refractivity contribution in [2.75, 3.05) is 5.75 Å². The minimum absolute atomic E-state index is 0.0286. The Bertz CT molecular complexity index is 860. The SMILES string of the molecule is Cc1ccc2nc(SCC(=O)NC(C)c3ccc(Cl)cc3)[nH]c2c1. The number of aromatic nitrogens is 2. The summed E-state index contributed by atoms with van der Waals surface area (Å²) >= 11 is 7.28. The molecule has 0 saturated carbocycles. The lowest BCUT2D eigenvalue weighted by Gasteiger charge is -2.14. The van der Waals surface area contributed by atoms with Crippen LogP contribution in [0.15, 0.2) is 47.6 Å². The van der Waals surface area contributed by atoms with Gasteiger partial charge in [0.05, 0.1) is 22.8 Å². The molecule has 0 fully saturated rings. The summed E-state index contributed by atoms with van der Waals surface area (Å²) in [4.78, 5) is 19.9. The van der Waals surface area contributed by atoms with Gasteiger partial charge in [0.1, 0.15) is 0 Å². The van der Waals surface area contributed by atoms with Crippen LogP contribution in [-0.2, 0) is 4.79 Å². The Morgan fingerprint density at radius 3 is 2.79 bits per heavy atom. The Hall–Kier alpha value is -1.98. The smallest absolute Gasteiger partial charge is 0.230 e. The van der Waals surface area contributed by atoms with Crippen molar-refractivity contribution >= 4 is 40.3 Å². The number of aromatic amines is 1. The molecular formula is C18H18ClN3OS. The predicted molar refractivity (Wildman–Crippen MR) is 99.6 cm³/mol. The van der Waals surface area contributed by atoms with Crippen molar-refractivity contribution in [1.82, 2.24) is 15.3 Å². The Morgan fingerprint density at radius 2 is 2.04 bits per heavy atom. The first kappa shape index (κ1) is 16.9. The first-order valence-electron chi connectivity index (χ1n) is 7.65. The lowest BCUT2D eigenvalue weighted by molar-refractivity contribution is -0.119. The van der Waals surface area contributed by atoms with Crippen molar-refractivity contribution in [3.63, 3.8) is 0 Å². The van der Waals surface area contributed by atoms with Gasteiger partial charge in [0.25, 0.3) is 0 Å². The molecule has 124 valence electrons. The van der Waals surface area contributed by atoms with E-state index in [1.165, 1.54) is 17.3 Å². The van der Waals surface area contributed by atoms with Gasteiger partial charge in [-0.15, -0.1) is 0 Å². The summed E-state index contributed by atoms with van der Waals surface area (Å²) in [5.41, 5.74) is 4.11. The molecule has 0 bridgehead atoms. The number of nitrogens with one attached hydrogen (secondary N) is 2. The van der Waals surface area contributed by atoms with E-state index in [-0.39, 0.29) is 11.9 Å². The molecule has 1 amide bonds. The topological polar surface area (TPSA) is 57.8 Å². The number of aryl methyl sites for hydroxylation is 1. The fraction of sp³-hybridized carbons (Fsp3) is 0.222. The number of rotatable bonds is 5. The van der Waals surface area contributed by atoms with E-state index in [4.69, 9.17) is 11.6 Å². The van der Waals surface area contributed by atoms with Crippen LogP contribution in [0.2, 0.25) is 5.02 Å². The van der Waals surface area contributed by atoms with E-state index in [2.05, 4.69) is 21.4 Å². The lowest BCUT2D eigenvalue weighted by Crippen LogP contribution is -2.28. The fourth-order valence-electron chi connectivity index (χ4n) is 2.42. The van der Waals surface area contributed by atoms with Gasteiger partial charge in [-0.05, 0) is 49.2 Å². The standard InChI is InChI=1S/C18H18ClN3OS/c1-11-3-8-15-16(9-11)22-18(21-15)24-10-17(23)20-12(2)13-4-6-14(19)7-5-13/h3-9,12H,10H2,1-2H3,(H,20,23)(H,21,22). The number of thioether (sulfide) groups is 1. The molecule has 1 unspecified atom stereocenters. The molecule has 0 spiro atoms. The first-order chi connectivity index (χ1) is 11.5. The highest BCUT2D eigenvalue weighted by molar-refractivity contribution is 7.99. The highest BCUT2D eigenvalue weighted by Gasteiger charge is 2.11. The highest BCUT2D eigenvalue weighted by Crippen LogP contribution is 2.21. The molecule has 1 atom stereocenters. The third kappa shape index (κ3) is 4.10. The summed E-state index contributed by atoms with van der Waals surface area (Å²) in [5, 5.41) is 4.43. The van der Waals surface area contributed by atoms with Gasteiger partial charge in [-0.1, -0.05) is 41.6 Å². The first-order valence-corrected chi connectivity index (χ1v) is 9.01. The third-order valence-corrected chi connectivity index (χ3v) is 4.83. The van der Waals surface area contributed by atoms with Crippen LogP contribution in [0.4, 0.5) is 0 Å². The molecule has 1 aromatic heterocycles. The van der Waals surface area contributed by atoms with E-state index in [9.17, 15) is 4.79 Å². The van der Waals surface area contributed by atoms with Crippen LogP contribution in [0.1, 0.15) is 24.1 Å². The van der Waals surface area contributed by atoms with Crippen molar-refractivity contribution in [3.8, 4) is 0 Å². The molecule has 0 aliphatic rings. The quantitative estimate of drug-likeness (QED) is 0.660. The maximum absolute atomic E-state index is 12.1. The number of H-pyrrole nitrogens is 1. The van der Waals surface area contributed by atoms with Gasteiger partial charge in [0.2, 0.25) is 5.91 Å². The number of amides is 1. The number of hydrogen-bond acceptors (Lipinski definition) is 3. The minimum atomic E-state index is -0.0614. The molecule has 0 aliphatic heterocycles. The molecule has 1 heterocycles. The van der Waals surface area contributed by atoms with Crippen molar-refractivity contribution in [2.45, 2.75) is 25.0 Å². The van der Waals surface area contributed by atoms with Crippen LogP contribution in [-0.4, -0.2) is 21.6 Å². The number of hydrogen-bond donors (Lipinski definition) is 2. The van der Waals surface area contributed by atoms with Crippen molar-refractivity contribution in [1.29, 1.82) is 0 Å². The molecule has 0 radical (unpaired) electrons. The molecule has 2 N–H and O–H groups in total. The minimum Gasteiger partial charge on any atom is -0.349 e. The van der Waals surface area contributed by atoms with Gasteiger partial charge >= 0.3 is 0 Å². The molecule has 3 rings (SSSR count). The van der Waals surface area contributed by atoms with Crippen molar-refractivity contribution in [3.05, 3.63) is 58.6 Å². The lowest BCUT2D eigenvalue weighted by atomic mass is 10.1. The molecule has 2 aromatic carbocycles. The normalized spacial score (nSPS) is 12.3.